The highest BCUT2D eigenvalue weighted by atomic mass is 16.6. The lowest BCUT2D eigenvalue weighted by Gasteiger charge is -2.59. The largest absolute Gasteiger partial charge is 0.462 e. The van der Waals surface area contributed by atoms with Crippen molar-refractivity contribution in [1.29, 1.82) is 0 Å². The fourth-order valence-corrected chi connectivity index (χ4v) is 11.2. The van der Waals surface area contributed by atoms with Gasteiger partial charge in [0.25, 0.3) is 0 Å². The van der Waals surface area contributed by atoms with Crippen LogP contribution >= 0.6 is 0 Å². The van der Waals surface area contributed by atoms with E-state index in [4.69, 9.17) is 14.2 Å². The third-order valence-corrected chi connectivity index (χ3v) is 12.9. The van der Waals surface area contributed by atoms with E-state index in [9.17, 15) is 4.79 Å². The highest BCUT2D eigenvalue weighted by Gasteiger charge is 2.77. The average molecular weight is 472 g/mol. The Bertz CT molecular complexity index is 883. The van der Waals surface area contributed by atoms with Gasteiger partial charge in [0.2, 0.25) is 0 Å². The van der Waals surface area contributed by atoms with E-state index >= 15 is 0 Å². The zero-order valence-corrected chi connectivity index (χ0v) is 21.9. The summed E-state index contributed by atoms with van der Waals surface area (Å²) in [6, 6.07) is 0. The average Bonchev–Trinajstić information content (AvgIpc) is 3.30. The topological polar surface area (TPSA) is 60.1 Å². The molecule has 7 fully saturated rings. The molecule has 0 bridgehead atoms. The molecule has 0 aromatic carbocycles. The first-order valence-electron chi connectivity index (χ1n) is 14.4. The smallest absolute Gasteiger partial charge is 0.302 e. The van der Waals surface area contributed by atoms with Gasteiger partial charge in [0, 0.05) is 31.2 Å². The van der Waals surface area contributed by atoms with Crippen LogP contribution in [0.25, 0.3) is 0 Å². The van der Waals surface area contributed by atoms with Crippen molar-refractivity contribution in [2.45, 2.75) is 122 Å². The molecule has 3 heterocycles. The molecule has 7 rings (SSSR count). The van der Waals surface area contributed by atoms with Crippen molar-refractivity contribution in [2.75, 3.05) is 6.54 Å². The van der Waals surface area contributed by atoms with Gasteiger partial charge >= 0.3 is 5.97 Å². The molecule has 34 heavy (non-hydrogen) atoms. The van der Waals surface area contributed by atoms with Crippen molar-refractivity contribution in [3.05, 3.63) is 0 Å². The van der Waals surface area contributed by atoms with Crippen LogP contribution < -0.4 is 5.32 Å². The van der Waals surface area contributed by atoms with Crippen molar-refractivity contribution in [2.24, 2.45) is 46.3 Å². The van der Waals surface area contributed by atoms with Gasteiger partial charge in [-0.25, -0.2) is 0 Å². The summed E-state index contributed by atoms with van der Waals surface area (Å²) >= 11 is 0. The van der Waals surface area contributed by atoms with Gasteiger partial charge in [-0.3, -0.25) is 10.1 Å². The maximum Gasteiger partial charge on any atom is 0.302 e. The third-order valence-electron chi connectivity index (χ3n) is 12.9. The maximum atomic E-state index is 11.6. The molecule has 13 atom stereocenters. The van der Waals surface area contributed by atoms with Crippen molar-refractivity contribution in [1.82, 2.24) is 5.32 Å². The monoisotopic (exact) mass is 471 g/mol. The molecule has 0 aromatic heterocycles. The van der Waals surface area contributed by atoms with Gasteiger partial charge in [-0.15, -0.1) is 0 Å². The first-order valence-corrected chi connectivity index (χ1v) is 14.4. The number of esters is 1. The highest BCUT2D eigenvalue weighted by molar-refractivity contribution is 5.66. The van der Waals surface area contributed by atoms with E-state index in [1.807, 2.05) is 0 Å². The van der Waals surface area contributed by atoms with E-state index in [-0.39, 0.29) is 28.8 Å². The van der Waals surface area contributed by atoms with Crippen LogP contribution in [0.1, 0.15) is 92.4 Å². The van der Waals surface area contributed by atoms with Gasteiger partial charge < -0.3 is 14.2 Å². The van der Waals surface area contributed by atoms with E-state index in [0.29, 0.717) is 29.5 Å². The summed E-state index contributed by atoms with van der Waals surface area (Å²) < 4.78 is 19.4. The van der Waals surface area contributed by atoms with Crippen LogP contribution in [0.15, 0.2) is 0 Å². The molecular weight excluding hydrogens is 426 g/mol. The predicted octanol–water partition coefficient (Wildman–Crippen LogP) is 5.07. The lowest BCUT2D eigenvalue weighted by atomic mass is 9.44. The predicted molar refractivity (Wildman–Crippen MR) is 129 cm³/mol. The quantitative estimate of drug-likeness (QED) is 0.427. The number of ether oxygens (including phenoxy) is 3. The van der Waals surface area contributed by atoms with Crippen LogP contribution in [-0.4, -0.2) is 42.2 Å². The van der Waals surface area contributed by atoms with E-state index < -0.39 is 0 Å². The summed E-state index contributed by atoms with van der Waals surface area (Å²) in [6.07, 6.45) is 11.5. The van der Waals surface area contributed by atoms with Gasteiger partial charge in [0.15, 0.2) is 0 Å². The number of hydrogen-bond acceptors (Lipinski definition) is 5. The van der Waals surface area contributed by atoms with Crippen LogP contribution in [0, 0.1) is 46.3 Å². The molecule has 5 nitrogen and oxygen atoms in total. The number of nitrogens with one attached hydrogen (secondary N) is 1. The summed E-state index contributed by atoms with van der Waals surface area (Å²) in [5, 5.41) is 3.89. The SMILES string of the molecule is CC(=O)O[C@H]1CC[C@]2(C)[C@H]3CC[C@]4(C)[C@@H]5[C@H](C[C@H]4[C@@H]3CC3OC32C1)O[C@]1(CC[C@@H](C)CN1)[C@H]5C. The van der Waals surface area contributed by atoms with Crippen LogP contribution in [0.3, 0.4) is 0 Å². The first-order chi connectivity index (χ1) is 16.1. The minimum atomic E-state index is -0.143. The Kier molecular flexibility index (Phi) is 4.65. The second-order valence-corrected chi connectivity index (χ2v) is 14.2. The molecule has 0 aromatic rings. The number of rotatable bonds is 1. The maximum absolute atomic E-state index is 11.6. The Morgan fingerprint density at radius 2 is 1.82 bits per heavy atom. The zero-order valence-electron chi connectivity index (χ0n) is 21.9. The molecule has 0 amide bonds. The standard InChI is InChI=1S/C29H45NO4/c1-16-6-11-29(30-15-16)17(2)25-23(33-29)13-22-20-12-24-28(34-24)14-19(32-18(3)31)7-10-27(28,5)21(20)8-9-26(22,25)4/h16-17,19-25,30H,6-15H2,1-5H3/t16-,17+,19+,20-,21+,22+,23+,24?,25+,26+,27-,28?,29-/m1/s1. The molecule has 190 valence electrons. The van der Waals surface area contributed by atoms with E-state index in [1.165, 1.54) is 38.5 Å². The molecule has 4 aliphatic carbocycles. The van der Waals surface area contributed by atoms with Crippen molar-refractivity contribution in [3.8, 4) is 0 Å². The molecule has 3 saturated heterocycles. The van der Waals surface area contributed by atoms with E-state index in [2.05, 4.69) is 33.0 Å². The second-order valence-electron chi connectivity index (χ2n) is 14.2. The van der Waals surface area contributed by atoms with Gasteiger partial charge in [-0.1, -0.05) is 27.7 Å². The normalized spacial score (nSPS) is 61.6. The minimum Gasteiger partial charge on any atom is -0.462 e. The Morgan fingerprint density at radius 1 is 1.00 bits per heavy atom. The van der Waals surface area contributed by atoms with Crippen molar-refractivity contribution >= 4 is 5.97 Å². The van der Waals surface area contributed by atoms with Crippen LogP contribution in [0.4, 0.5) is 0 Å². The number of fused-ring (bicyclic) bond motifs is 6. The molecule has 1 N–H and O–H groups in total. The number of piperidine rings is 1. The molecule has 5 heteroatoms. The number of carbonyl (C=O) groups excluding carboxylic acids is 1. The second kappa shape index (κ2) is 7.01. The lowest BCUT2D eigenvalue weighted by molar-refractivity contribution is -0.158. The summed E-state index contributed by atoms with van der Waals surface area (Å²) in [4.78, 5) is 11.6. The molecule has 4 saturated carbocycles. The summed E-state index contributed by atoms with van der Waals surface area (Å²) in [6.45, 7) is 12.7. The molecular formula is C29H45NO4. The summed E-state index contributed by atoms with van der Waals surface area (Å²) in [7, 11) is 0. The first kappa shape index (κ1) is 22.5. The third kappa shape index (κ3) is 2.70. The van der Waals surface area contributed by atoms with Crippen LogP contribution in [0.2, 0.25) is 0 Å². The molecule has 2 unspecified atom stereocenters. The highest BCUT2D eigenvalue weighted by Crippen LogP contribution is 2.75. The number of epoxide rings is 1. The zero-order chi connectivity index (χ0) is 23.7. The van der Waals surface area contributed by atoms with Gasteiger partial charge in [0.1, 0.15) is 17.4 Å². The minimum absolute atomic E-state index is 0.0364. The van der Waals surface area contributed by atoms with Crippen molar-refractivity contribution < 1.29 is 19.0 Å². The fraction of sp³-hybridized carbons (Fsp3) is 0.966. The molecule has 2 spiro atoms. The summed E-state index contributed by atoms with van der Waals surface area (Å²) in [5.74, 6) is 4.14. The van der Waals surface area contributed by atoms with E-state index in [0.717, 1.165) is 49.5 Å². The Balaban J connectivity index is 1.14. The fourth-order valence-electron chi connectivity index (χ4n) is 11.2. The van der Waals surface area contributed by atoms with Crippen LogP contribution in [0.5, 0.6) is 0 Å². The van der Waals surface area contributed by atoms with Gasteiger partial charge in [-0.2, -0.15) is 0 Å². The summed E-state index contributed by atoms with van der Waals surface area (Å²) in [5.41, 5.74) is 0.505. The molecule has 0 radical (unpaired) electrons. The van der Waals surface area contributed by atoms with Gasteiger partial charge in [0.05, 0.1) is 12.2 Å². The number of hydrogen-bond donors (Lipinski definition) is 1. The number of carbonyl (C=O) groups is 1. The Morgan fingerprint density at radius 3 is 2.56 bits per heavy atom. The molecule has 3 aliphatic heterocycles. The van der Waals surface area contributed by atoms with Crippen LogP contribution in [-0.2, 0) is 19.0 Å². The Hall–Kier alpha value is -0.650. The Labute approximate surface area is 205 Å². The van der Waals surface area contributed by atoms with Crippen molar-refractivity contribution in [3.63, 3.8) is 0 Å². The van der Waals surface area contributed by atoms with Gasteiger partial charge in [-0.05, 0) is 86.4 Å². The lowest BCUT2D eigenvalue weighted by Crippen LogP contribution is -2.60. The van der Waals surface area contributed by atoms with E-state index in [1.54, 1.807) is 6.92 Å². The molecule has 7 aliphatic rings.